The minimum atomic E-state index is -4.09. The normalized spacial score (nSPS) is 10.9. The van der Waals surface area contributed by atoms with Crippen molar-refractivity contribution in [2.45, 2.75) is 31.6 Å². The minimum Gasteiger partial charge on any atom is -0.461 e. The Morgan fingerprint density at radius 1 is 1.07 bits per heavy atom. The van der Waals surface area contributed by atoms with Crippen molar-refractivity contribution in [3.05, 3.63) is 59.4 Å². The molecular weight excluding hydrogens is 410 g/mol. The molecule has 2 aromatic rings. The Kier molecular flexibility index (Phi) is 8.05. The Hall–Kier alpha value is -3.27. The van der Waals surface area contributed by atoms with Crippen LogP contribution in [0.2, 0.25) is 0 Å². The van der Waals surface area contributed by atoms with Crippen LogP contribution < -0.4 is 10.0 Å². The van der Waals surface area contributed by atoms with Crippen molar-refractivity contribution in [2.75, 3.05) is 13.2 Å². The highest BCUT2D eigenvalue weighted by Gasteiger charge is 2.19. The van der Waals surface area contributed by atoms with E-state index in [9.17, 15) is 22.8 Å². The number of rotatable bonds is 9. The van der Waals surface area contributed by atoms with Crippen LogP contribution in [-0.4, -0.2) is 44.3 Å². The zero-order chi connectivity index (χ0) is 22.1. The first kappa shape index (κ1) is 23.0. The van der Waals surface area contributed by atoms with Gasteiger partial charge < -0.3 is 10.1 Å². The molecule has 2 N–H and O–H groups in total. The average molecular weight is 433 g/mol. The second-order valence-corrected chi connectivity index (χ2v) is 8.06. The predicted octanol–water partition coefficient (Wildman–Crippen LogP) is 1.45. The van der Waals surface area contributed by atoms with Crippen molar-refractivity contribution in [1.82, 2.24) is 15.0 Å². The van der Waals surface area contributed by atoms with E-state index in [1.807, 2.05) is 11.6 Å². The molecule has 0 atom stereocenters. The third-order valence-electron chi connectivity index (χ3n) is 3.92. The number of sulfonamides is 1. The van der Waals surface area contributed by atoms with Gasteiger partial charge in [0.15, 0.2) is 0 Å². The molecule has 0 aliphatic heterocycles. The number of aromatic nitrogens is 1. The third-order valence-corrected chi connectivity index (χ3v) is 5.27. The highest BCUT2D eigenvalue weighted by molar-refractivity contribution is 7.90. The number of pyridine rings is 1. The maximum atomic E-state index is 12.4. The van der Waals surface area contributed by atoms with Crippen LogP contribution in [0.4, 0.5) is 0 Å². The Bertz CT molecular complexity index is 1000. The van der Waals surface area contributed by atoms with E-state index in [0.29, 0.717) is 19.4 Å². The van der Waals surface area contributed by atoms with Gasteiger partial charge in [0, 0.05) is 19.7 Å². The summed E-state index contributed by atoms with van der Waals surface area (Å²) in [6, 6.07) is 8.57. The second kappa shape index (κ2) is 10.5. The summed E-state index contributed by atoms with van der Waals surface area (Å²) in [4.78, 5) is 38.6. The van der Waals surface area contributed by atoms with Crippen LogP contribution in [0.1, 0.15) is 46.7 Å². The molecule has 0 unspecified atom stereocenters. The first-order valence-electron chi connectivity index (χ1n) is 9.26. The molecule has 1 aromatic heterocycles. The monoisotopic (exact) mass is 433 g/mol. The molecule has 1 heterocycles. The Morgan fingerprint density at radius 3 is 2.33 bits per heavy atom. The van der Waals surface area contributed by atoms with Gasteiger partial charge >= 0.3 is 5.97 Å². The van der Waals surface area contributed by atoms with Gasteiger partial charge in [0.25, 0.3) is 15.9 Å². The van der Waals surface area contributed by atoms with E-state index in [2.05, 4.69) is 10.3 Å². The van der Waals surface area contributed by atoms with Crippen molar-refractivity contribution in [3.63, 3.8) is 0 Å². The van der Waals surface area contributed by atoms with Gasteiger partial charge in [0.2, 0.25) is 5.91 Å². The van der Waals surface area contributed by atoms with Gasteiger partial charge in [-0.15, -0.1) is 0 Å². The van der Waals surface area contributed by atoms with Crippen LogP contribution in [-0.2, 0) is 26.0 Å². The molecule has 160 valence electrons. The lowest BCUT2D eigenvalue weighted by molar-refractivity contribution is -0.118. The smallest absolute Gasteiger partial charge is 0.356 e. The summed E-state index contributed by atoms with van der Waals surface area (Å²) in [6.45, 7) is 3.97. The molecule has 1 aromatic carbocycles. The summed E-state index contributed by atoms with van der Waals surface area (Å²) in [6.07, 6.45) is 2.32. The average Bonchev–Trinajstić information content (AvgIpc) is 2.72. The van der Waals surface area contributed by atoms with Gasteiger partial charge in [-0.2, -0.15) is 0 Å². The van der Waals surface area contributed by atoms with E-state index in [1.165, 1.54) is 31.2 Å². The summed E-state index contributed by atoms with van der Waals surface area (Å²) in [7, 11) is -4.09. The number of amides is 2. The maximum absolute atomic E-state index is 12.4. The molecule has 9 nitrogen and oxygen atoms in total. The van der Waals surface area contributed by atoms with E-state index in [-0.39, 0.29) is 28.7 Å². The summed E-state index contributed by atoms with van der Waals surface area (Å²) in [5.74, 6) is -1.63. The highest BCUT2D eigenvalue weighted by atomic mass is 32.2. The molecule has 0 aliphatic carbocycles. The second-order valence-electron chi connectivity index (χ2n) is 6.38. The molecule has 0 radical (unpaired) electrons. The Morgan fingerprint density at radius 2 is 1.77 bits per heavy atom. The largest absolute Gasteiger partial charge is 0.461 e. The Balaban J connectivity index is 2.01. The molecule has 0 saturated carbocycles. The van der Waals surface area contributed by atoms with Crippen LogP contribution in [0.3, 0.4) is 0 Å². The molecule has 0 aliphatic rings. The summed E-state index contributed by atoms with van der Waals surface area (Å²) >= 11 is 0. The van der Waals surface area contributed by atoms with Crippen molar-refractivity contribution in [1.29, 1.82) is 0 Å². The number of ether oxygens (including phenoxy) is 1. The van der Waals surface area contributed by atoms with Crippen LogP contribution in [0.15, 0.2) is 47.5 Å². The Labute approximate surface area is 174 Å². The van der Waals surface area contributed by atoms with E-state index in [0.717, 1.165) is 11.8 Å². The van der Waals surface area contributed by atoms with Gasteiger partial charge in [-0.3, -0.25) is 9.59 Å². The van der Waals surface area contributed by atoms with Gasteiger partial charge in [0.05, 0.1) is 17.1 Å². The van der Waals surface area contributed by atoms with Crippen molar-refractivity contribution in [2.24, 2.45) is 0 Å². The minimum absolute atomic E-state index is 0.0162. The highest BCUT2D eigenvalue weighted by Crippen LogP contribution is 2.12. The molecular formula is C20H23N3O6S. The number of nitrogens with zero attached hydrogens (tertiary/aromatic N) is 1. The standard InChI is InChI=1S/C20H23N3O6S/c1-3-12-29-20(26)18-9-6-16(13-22-18)19(25)23-30(27,28)17-7-4-15(5-8-17)10-11-21-14(2)24/h4-9,13H,3,10-12H2,1-2H3,(H,21,24)(H,23,25). The number of nitrogens with one attached hydrogen (secondary N) is 2. The number of esters is 1. The molecule has 2 rings (SSSR count). The van der Waals surface area contributed by atoms with E-state index >= 15 is 0 Å². The van der Waals surface area contributed by atoms with E-state index in [1.54, 1.807) is 12.1 Å². The topological polar surface area (TPSA) is 132 Å². The molecule has 0 saturated heterocycles. The summed E-state index contributed by atoms with van der Waals surface area (Å²) < 4.78 is 31.8. The van der Waals surface area contributed by atoms with Crippen molar-refractivity contribution >= 4 is 27.8 Å². The predicted molar refractivity (Wildman–Crippen MR) is 108 cm³/mol. The first-order chi connectivity index (χ1) is 14.2. The summed E-state index contributed by atoms with van der Waals surface area (Å²) in [5.41, 5.74) is 0.846. The molecule has 0 fully saturated rings. The van der Waals surface area contributed by atoms with Gasteiger partial charge in [-0.05, 0) is 42.7 Å². The first-order valence-corrected chi connectivity index (χ1v) is 10.7. The number of hydrogen-bond donors (Lipinski definition) is 2. The summed E-state index contributed by atoms with van der Waals surface area (Å²) in [5, 5.41) is 2.65. The van der Waals surface area contributed by atoms with Crippen LogP contribution >= 0.6 is 0 Å². The fourth-order valence-electron chi connectivity index (χ4n) is 2.38. The lowest BCUT2D eigenvalue weighted by Gasteiger charge is -2.08. The molecule has 0 bridgehead atoms. The zero-order valence-electron chi connectivity index (χ0n) is 16.7. The molecule has 2 amide bonds. The van der Waals surface area contributed by atoms with Gasteiger partial charge in [-0.25, -0.2) is 22.9 Å². The SMILES string of the molecule is CCCOC(=O)c1ccc(C(=O)NS(=O)(=O)c2ccc(CCNC(C)=O)cc2)cn1. The van der Waals surface area contributed by atoms with Crippen LogP contribution in [0.5, 0.6) is 0 Å². The number of carbonyl (C=O) groups excluding carboxylic acids is 3. The van der Waals surface area contributed by atoms with Crippen LogP contribution in [0.25, 0.3) is 0 Å². The number of hydrogen-bond acceptors (Lipinski definition) is 7. The van der Waals surface area contributed by atoms with Crippen LogP contribution in [0, 0.1) is 0 Å². The molecule has 30 heavy (non-hydrogen) atoms. The van der Waals surface area contributed by atoms with E-state index < -0.39 is 21.9 Å². The zero-order valence-corrected chi connectivity index (χ0v) is 17.5. The van der Waals surface area contributed by atoms with Gasteiger partial charge in [-0.1, -0.05) is 19.1 Å². The maximum Gasteiger partial charge on any atom is 0.356 e. The van der Waals surface area contributed by atoms with Crippen molar-refractivity contribution < 1.29 is 27.5 Å². The quantitative estimate of drug-likeness (QED) is 0.572. The molecule has 0 spiro atoms. The van der Waals surface area contributed by atoms with E-state index in [4.69, 9.17) is 4.74 Å². The molecule has 10 heteroatoms. The van der Waals surface area contributed by atoms with Gasteiger partial charge in [0.1, 0.15) is 5.69 Å². The van der Waals surface area contributed by atoms with Crippen molar-refractivity contribution in [3.8, 4) is 0 Å². The lowest BCUT2D eigenvalue weighted by Crippen LogP contribution is -2.30. The fraction of sp³-hybridized carbons (Fsp3) is 0.300. The number of benzene rings is 1. The fourth-order valence-corrected chi connectivity index (χ4v) is 3.35. The number of carbonyl (C=O) groups is 3. The lowest BCUT2D eigenvalue weighted by atomic mass is 10.1. The third kappa shape index (κ3) is 6.66.